The smallest absolute Gasteiger partial charge is 0.226 e. The van der Waals surface area contributed by atoms with Gasteiger partial charge in [-0.1, -0.05) is 12.1 Å². The molecule has 3 rings (SSSR count). The number of fused-ring (bicyclic) bond motifs is 1. The predicted octanol–water partition coefficient (Wildman–Crippen LogP) is 1.80. The van der Waals surface area contributed by atoms with E-state index in [1.54, 1.807) is 0 Å². The first kappa shape index (κ1) is 14.2. The molecular formula is C14H22N6O. The van der Waals surface area contributed by atoms with Gasteiger partial charge in [-0.3, -0.25) is 0 Å². The minimum absolute atomic E-state index is 0.123. The second-order valence-electron chi connectivity index (χ2n) is 5.54. The number of aromatic nitrogens is 5. The summed E-state index contributed by atoms with van der Waals surface area (Å²) in [6, 6.07) is 0.123. The Morgan fingerprint density at radius 1 is 1.33 bits per heavy atom. The lowest BCUT2D eigenvalue weighted by Crippen LogP contribution is -2.24. The van der Waals surface area contributed by atoms with Crippen LogP contribution < -0.4 is 5.32 Å². The van der Waals surface area contributed by atoms with Gasteiger partial charge in [-0.2, -0.15) is 4.98 Å². The van der Waals surface area contributed by atoms with Crippen LogP contribution in [0.2, 0.25) is 0 Å². The molecule has 0 radical (unpaired) electrons. The van der Waals surface area contributed by atoms with E-state index in [0.717, 1.165) is 37.5 Å². The molecule has 1 atom stereocenters. The zero-order valence-electron chi connectivity index (χ0n) is 12.7. The molecule has 0 aliphatic carbocycles. The fourth-order valence-electron chi connectivity index (χ4n) is 2.66. The van der Waals surface area contributed by atoms with Crippen molar-refractivity contribution in [3.63, 3.8) is 0 Å². The van der Waals surface area contributed by atoms with Crippen LogP contribution in [0.25, 0.3) is 0 Å². The molecule has 0 spiro atoms. The Bertz CT molecular complexity index is 590. The van der Waals surface area contributed by atoms with Gasteiger partial charge < -0.3 is 14.4 Å². The molecule has 1 aliphatic rings. The van der Waals surface area contributed by atoms with Gasteiger partial charge in [-0.25, -0.2) is 0 Å². The first-order valence-electron chi connectivity index (χ1n) is 7.74. The van der Waals surface area contributed by atoms with Gasteiger partial charge in [0.1, 0.15) is 11.6 Å². The van der Waals surface area contributed by atoms with Crippen LogP contribution >= 0.6 is 0 Å². The fraction of sp³-hybridized carbons (Fsp3) is 0.714. The molecule has 7 nitrogen and oxygen atoms in total. The zero-order chi connectivity index (χ0) is 14.7. The molecule has 1 aliphatic heterocycles. The first-order valence-corrected chi connectivity index (χ1v) is 7.74. The summed E-state index contributed by atoms with van der Waals surface area (Å²) >= 11 is 0. The molecule has 3 heterocycles. The molecule has 0 saturated heterocycles. The van der Waals surface area contributed by atoms with E-state index < -0.39 is 0 Å². The van der Waals surface area contributed by atoms with Crippen molar-refractivity contribution in [1.82, 2.24) is 30.2 Å². The van der Waals surface area contributed by atoms with Crippen LogP contribution in [0.3, 0.4) is 0 Å². The molecular weight excluding hydrogens is 268 g/mol. The minimum atomic E-state index is 0.123. The molecule has 0 bridgehead atoms. The summed E-state index contributed by atoms with van der Waals surface area (Å²) < 4.78 is 7.42. The second-order valence-corrected chi connectivity index (χ2v) is 5.54. The average molecular weight is 290 g/mol. The quantitative estimate of drug-likeness (QED) is 0.873. The summed E-state index contributed by atoms with van der Waals surface area (Å²) in [6.07, 6.45) is 5.29. The van der Waals surface area contributed by atoms with E-state index in [-0.39, 0.29) is 6.04 Å². The summed E-state index contributed by atoms with van der Waals surface area (Å²) in [5.74, 6) is 3.52. The van der Waals surface area contributed by atoms with Crippen molar-refractivity contribution in [2.75, 3.05) is 0 Å². The number of aryl methyl sites for hydroxylation is 2. The van der Waals surface area contributed by atoms with Gasteiger partial charge in [-0.15, -0.1) is 10.2 Å². The van der Waals surface area contributed by atoms with Gasteiger partial charge in [0.2, 0.25) is 5.89 Å². The van der Waals surface area contributed by atoms with Crippen molar-refractivity contribution in [3.05, 3.63) is 23.4 Å². The molecule has 1 N–H and O–H groups in total. The fourth-order valence-corrected chi connectivity index (χ4v) is 2.66. The highest BCUT2D eigenvalue weighted by molar-refractivity contribution is 5.03. The van der Waals surface area contributed by atoms with E-state index in [1.165, 1.54) is 12.8 Å². The number of nitrogens with one attached hydrogen (secondary N) is 1. The molecule has 114 valence electrons. The van der Waals surface area contributed by atoms with E-state index in [4.69, 9.17) is 4.52 Å². The molecule has 0 fully saturated rings. The van der Waals surface area contributed by atoms with Crippen LogP contribution in [0.4, 0.5) is 0 Å². The lowest BCUT2D eigenvalue weighted by atomic mass is 10.1. The van der Waals surface area contributed by atoms with Gasteiger partial charge in [0, 0.05) is 19.4 Å². The largest absolute Gasteiger partial charge is 0.339 e. The third-order valence-electron chi connectivity index (χ3n) is 3.82. The Morgan fingerprint density at radius 3 is 3.10 bits per heavy atom. The van der Waals surface area contributed by atoms with Crippen molar-refractivity contribution >= 4 is 0 Å². The van der Waals surface area contributed by atoms with E-state index >= 15 is 0 Å². The number of nitrogens with zero attached hydrogens (tertiary/aromatic N) is 5. The van der Waals surface area contributed by atoms with Crippen LogP contribution in [0.1, 0.15) is 62.5 Å². The van der Waals surface area contributed by atoms with E-state index in [2.05, 4.69) is 44.1 Å². The summed E-state index contributed by atoms with van der Waals surface area (Å²) in [7, 11) is 0. The van der Waals surface area contributed by atoms with E-state index in [1.807, 2.05) is 0 Å². The Labute approximate surface area is 124 Å². The maximum Gasteiger partial charge on any atom is 0.226 e. The normalized spacial score (nSPS) is 15.9. The molecule has 2 aromatic heterocycles. The second kappa shape index (κ2) is 6.34. The van der Waals surface area contributed by atoms with Gasteiger partial charge in [0.05, 0.1) is 12.6 Å². The van der Waals surface area contributed by atoms with Crippen LogP contribution in [0.15, 0.2) is 4.52 Å². The van der Waals surface area contributed by atoms with E-state index in [0.29, 0.717) is 18.3 Å². The highest BCUT2D eigenvalue weighted by Gasteiger charge is 2.20. The Kier molecular flexibility index (Phi) is 4.28. The monoisotopic (exact) mass is 290 g/mol. The lowest BCUT2D eigenvalue weighted by Gasteiger charge is -2.18. The summed E-state index contributed by atoms with van der Waals surface area (Å²) in [4.78, 5) is 4.36. The molecule has 21 heavy (non-hydrogen) atoms. The standard InChI is InChI=1S/C14H22N6O/c1-3-6-13-16-11(19-21-13)9-15-10(2)14-18-17-12-7-4-5-8-20(12)14/h10,15H,3-9H2,1-2H3/t10-/m0/s1. The van der Waals surface area contributed by atoms with Crippen molar-refractivity contribution in [3.8, 4) is 0 Å². The average Bonchev–Trinajstić information content (AvgIpc) is 3.12. The van der Waals surface area contributed by atoms with Crippen LogP contribution in [-0.2, 0) is 25.9 Å². The third-order valence-corrected chi connectivity index (χ3v) is 3.82. The van der Waals surface area contributed by atoms with E-state index in [9.17, 15) is 0 Å². The summed E-state index contributed by atoms with van der Waals surface area (Å²) in [6.45, 7) is 5.79. The Balaban J connectivity index is 1.60. The SMILES string of the molecule is CCCc1nc(CN[C@@H](C)c2nnc3n2CCCC3)no1. The molecule has 2 aromatic rings. The maximum atomic E-state index is 5.18. The van der Waals surface area contributed by atoms with Crippen molar-refractivity contribution in [2.45, 2.75) is 65.1 Å². The highest BCUT2D eigenvalue weighted by atomic mass is 16.5. The van der Waals surface area contributed by atoms with Crippen LogP contribution in [0, 0.1) is 0 Å². The number of hydrogen-bond acceptors (Lipinski definition) is 6. The van der Waals surface area contributed by atoms with Gasteiger partial charge in [-0.05, 0) is 26.2 Å². The van der Waals surface area contributed by atoms with Crippen LogP contribution in [0.5, 0.6) is 0 Å². The predicted molar refractivity (Wildman–Crippen MR) is 76.5 cm³/mol. The van der Waals surface area contributed by atoms with Crippen LogP contribution in [-0.4, -0.2) is 24.9 Å². The van der Waals surface area contributed by atoms with Gasteiger partial charge >= 0.3 is 0 Å². The molecule has 0 aromatic carbocycles. The number of rotatable bonds is 6. The Morgan fingerprint density at radius 2 is 2.24 bits per heavy atom. The van der Waals surface area contributed by atoms with Gasteiger partial charge in [0.25, 0.3) is 0 Å². The zero-order valence-corrected chi connectivity index (χ0v) is 12.7. The van der Waals surface area contributed by atoms with Crippen molar-refractivity contribution in [1.29, 1.82) is 0 Å². The molecule has 7 heteroatoms. The Hall–Kier alpha value is -1.76. The van der Waals surface area contributed by atoms with Gasteiger partial charge in [0.15, 0.2) is 5.82 Å². The molecule has 0 unspecified atom stereocenters. The lowest BCUT2D eigenvalue weighted by molar-refractivity contribution is 0.368. The molecule has 0 amide bonds. The molecule has 0 saturated carbocycles. The van der Waals surface area contributed by atoms with Crippen molar-refractivity contribution in [2.24, 2.45) is 0 Å². The topological polar surface area (TPSA) is 81.7 Å². The minimum Gasteiger partial charge on any atom is -0.339 e. The maximum absolute atomic E-state index is 5.18. The number of hydrogen-bond donors (Lipinski definition) is 1. The van der Waals surface area contributed by atoms with Crippen molar-refractivity contribution < 1.29 is 4.52 Å². The summed E-state index contributed by atoms with van der Waals surface area (Å²) in [5.41, 5.74) is 0. The highest BCUT2D eigenvalue weighted by Crippen LogP contribution is 2.18. The third kappa shape index (κ3) is 3.12. The summed E-state index contributed by atoms with van der Waals surface area (Å²) in [5, 5.41) is 16.0. The first-order chi connectivity index (χ1) is 10.3.